The Morgan fingerprint density at radius 3 is 1.75 bits per heavy atom. The van der Waals surface area contributed by atoms with Gasteiger partial charge in [0.05, 0.1) is 27.7 Å². The Hall–Kier alpha value is -6.32. The van der Waals surface area contributed by atoms with Gasteiger partial charge in [-0.25, -0.2) is 9.97 Å². The number of hydrogen-bond donors (Lipinski definition) is 0. The summed E-state index contributed by atoms with van der Waals surface area (Å²) < 4.78 is 2.32. The first-order valence-corrected chi connectivity index (χ1v) is 16.5. The first-order valence-electron chi connectivity index (χ1n) is 16.5. The molecule has 0 radical (unpaired) electrons. The molecule has 2 aliphatic carbocycles. The van der Waals surface area contributed by atoms with Crippen molar-refractivity contribution in [2.75, 3.05) is 0 Å². The van der Waals surface area contributed by atoms with Gasteiger partial charge in [-0.05, 0) is 51.1 Å². The molecule has 2 heterocycles. The zero-order chi connectivity index (χ0) is 31.4. The molecule has 3 nitrogen and oxygen atoms in total. The number of nitrogens with zero attached hydrogens (tertiary/aromatic N) is 3. The number of aromatic nitrogens is 3. The Morgan fingerprint density at radius 2 is 1.00 bits per heavy atom. The van der Waals surface area contributed by atoms with Gasteiger partial charge >= 0.3 is 0 Å². The summed E-state index contributed by atoms with van der Waals surface area (Å²) in [5, 5.41) is 3.44. The van der Waals surface area contributed by atoms with Gasteiger partial charge in [-0.3, -0.25) is 4.57 Å². The molecular formula is C45H27N3. The van der Waals surface area contributed by atoms with Crippen molar-refractivity contribution in [3.8, 4) is 39.5 Å². The lowest BCUT2D eigenvalue weighted by Gasteiger charge is -2.30. The van der Waals surface area contributed by atoms with E-state index in [1.807, 2.05) is 0 Å². The summed E-state index contributed by atoms with van der Waals surface area (Å²) >= 11 is 0. The molecule has 2 aliphatic rings. The zero-order valence-electron chi connectivity index (χ0n) is 25.9. The lowest BCUT2D eigenvalue weighted by molar-refractivity contribution is 0.794. The van der Waals surface area contributed by atoms with Gasteiger partial charge in [-0.15, -0.1) is 0 Å². The normalized spacial score (nSPS) is 13.6. The third-order valence-corrected chi connectivity index (χ3v) is 10.6. The van der Waals surface area contributed by atoms with Crippen LogP contribution in [0.3, 0.4) is 0 Å². The number of rotatable bonds is 2. The summed E-state index contributed by atoms with van der Waals surface area (Å²) in [5.41, 5.74) is 15.2. The molecule has 0 N–H and O–H groups in total. The van der Waals surface area contributed by atoms with Gasteiger partial charge in [0, 0.05) is 27.3 Å². The van der Waals surface area contributed by atoms with Crippen molar-refractivity contribution in [1.82, 2.24) is 14.5 Å². The van der Waals surface area contributed by atoms with Crippen LogP contribution in [0, 0.1) is 0 Å². The first kappa shape index (κ1) is 25.8. The van der Waals surface area contributed by atoms with Crippen molar-refractivity contribution in [2.45, 2.75) is 5.41 Å². The van der Waals surface area contributed by atoms with E-state index < -0.39 is 5.41 Å². The predicted molar refractivity (Wildman–Crippen MR) is 196 cm³/mol. The van der Waals surface area contributed by atoms with Crippen LogP contribution in [-0.4, -0.2) is 14.5 Å². The Kier molecular flexibility index (Phi) is 5.04. The van der Waals surface area contributed by atoms with Crippen LogP contribution in [0.2, 0.25) is 0 Å². The summed E-state index contributed by atoms with van der Waals surface area (Å²) in [4.78, 5) is 10.7. The topological polar surface area (TPSA) is 30.7 Å². The maximum atomic E-state index is 5.41. The third kappa shape index (κ3) is 3.13. The summed E-state index contributed by atoms with van der Waals surface area (Å²) in [6.07, 6.45) is 0. The minimum Gasteiger partial charge on any atom is -0.277 e. The van der Waals surface area contributed by atoms with E-state index in [0.717, 1.165) is 33.2 Å². The van der Waals surface area contributed by atoms with E-state index in [1.54, 1.807) is 0 Å². The highest BCUT2D eigenvalue weighted by molar-refractivity contribution is 6.16. The highest BCUT2D eigenvalue weighted by atomic mass is 15.2. The molecule has 0 amide bonds. The van der Waals surface area contributed by atoms with E-state index in [9.17, 15) is 0 Å². The molecule has 0 saturated carbocycles. The van der Waals surface area contributed by atoms with Crippen molar-refractivity contribution >= 4 is 32.7 Å². The number of benzene rings is 7. The predicted octanol–water partition coefficient (Wildman–Crippen LogP) is 10.7. The molecule has 7 aromatic carbocycles. The minimum atomic E-state index is -0.423. The van der Waals surface area contributed by atoms with E-state index in [0.29, 0.717) is 5.95 Å². The molecule has 0 bridgehead atoms. The van der Waals surface area contributed by atoms with E-state index in [4.69, 9.17) is 9.97 Å². The van der Waals surface area contributed by atoms with Crippen molar-refractivity contribution in [2.24, 2.45) is 0 Å². The fraction of sp³-hybridized carbons (Fsp3) is 0.0222. The SMILES string of the molecule is c1ccc(-c2nc(-n3c4ccccc4c4ccc5c(c43)-c3ccccc3C53c4ccccc4-c4ccccc43)nc3ccccc23)cc1. The van der Waals surface area contributed by atoms with Crippen LogP contribution in [0.15, 0.2) is 164 Å². The molecule has 9 aromatic rings. The Labute approximate surface area is 277 Å². The molecular weight excluding hydrogens is 583 g/mol. The molecule has 0 atom stereocenters. The van der Waals surface area contributed by atoms with Crippen molar-refractivity contribution in [1.29, 1.82) is 0 Å². The first-order chi connectivity index (χ1) is 23.8. The van der Waals surface area contributed by atoms with Gasteiger partial charge in [0.2, 0.25) is 5.95 Å². The number of fused-ring (bicyclic) bond motifs is 15. The maximum absolute atomic E-state index is 5.41. The summed E-state index contributed by atoms with van der Waals surface area (Å²) in [7, 11) is 0. The quantitative estimate of drug-likeness (QED) is 0.195. The molecule has 11 rings (SSSR count). The summed E-state index contributed by atoms with van der Waals surface area (Å²) in [6, 6.07) is 59.2. The van der Waals surface area contributed by atoms with E-state index in [2.05, 4.69) is 168 Å². The Balaban J connectivity index is 1.33. The Bertz CT molecular complexity index is 2740. The molecule has 0 unspecified atom stereocenters. The lowest BCUT2D eigenvalue weighted by Crippen LogP contribution is -2.25. The van der Waals surface area contributed by atoms with E-state index >= 15 is 0 Å². The monoisotopic (exact) mass is 609 g/mol. The van der Waals surface area contributed by atoms with Gasteiger partial charge in [0.25, 0.3) is 0 Å². The molecule has 0 fully saturated rings. The summed E-state index contributed by atoms with van der Waals surface area (Å²) in [6.45, 7) is 0. The van der Waals surface area contributed by atoms with Gasteiger partial charge in [-0.2, -0.15) is 0 Å². The largest absolute Gasteiger partial charge is 0.277 e. The van der Waals surface area contributed by atoms with Crippen molar-refractivity contribution in [3.63, 3.8) is 0 Å². The molecule has 0 saturated heterocycles. The van der Waals surface area contributed by atoms with Crippen molar-refractivity contribution in [3.05, 3.63) is 186 Å². The second-order valence-electron chi connectivity index (χ2n) is 12.9. The zero-order valence-corrected chi connectivity index (χ0v) is 25.9. The van der Waals surface area contributed by atoms with Crippen molar-refractivity contribution < 1.29 is 0 Å². The number of para-hydroxylation sites is 2. The molecule has 222 valence electrons. The van der Waals surface area contributed by atoms with Crippen LogP contribution in [0.25, 0.3) is 72.2 Å². The molecule has 3 heteroatoms. The smallest absolute Gasteiger partial charge is 0.235 e. The maximum Gasteiger partial charge on any atom is 0.235 e. The Morgan fingerprint density at radius 1 is 0.417 bits per heavy atom. The number of hydrogen-bond acceptors (Lipinski definition) is 2. The van der Waals surface area contributed by atoms with Crippen LogP contribution >= 0.6 is 0 Å². The fourth-order valence-electron chi connectivity index (χ4n) is 8.82. The molecule has 48 heavy (non-hydrogen) atoms. The minimum absolute atomic E-state index is 0.423. The standard InChI is InChI=1S/C45H27N3/c1-2-14-28(15-3-1)42-34-20-7-12-24-39(34)46-44(47-42)48-40-25-13-8-18-31(40)32-26-27-38-41(43(32)48)33-19-6-11-23-37(33)45(38)35-21-9-4-16-29(35)30-17-5-10-22-36(30)45/h1-27H. The van der Waals surface area contributed by atoms with Crippen LogP contribution in [0.1, 0.15) is 22.3 Å². The van der Waals surface area contributed by atoms with Crippen LogP contribution in [0.4, 0.5) is 0 Å². The lowest BCUT2D eigenvalue weighted by atomic mass is 9.70. The second kappa shape index (κ2) is 9.37. The van der Waals surface area contributed by atoms with Crippen LogP contribution in [0.5, 0.6) is 0 Å². The van der Waals surface area contributed by atoms with E-state index in [1.165, 1.54) is 55.3 Å². The van der Waals surface area contributed by atoms with E-state index in [-0.39, 0.29) is 0 Å². The third-order valence-electron chi connectivity index (χ3n) is 10.6. The van der Waals surface area contributed by atoms with Gasteiger partial charge in [-0.1, -0.05) is 152 Å². The van der Waals surface area contributed by atoms with Gasteiger partial charge in [0.15, 0.2) is 0 Å². The molecule has 0 aliphatic heterocycles. The molecule has 2 aromatic heterocycles. The average Bonchev–Trinajstić information content (AvgIpc) is 3.77. The summed E-state index contributed by atoms with van der Waals surface area (Å²) in [5.74, 6) is 0.679. The average molecular weight is 610 g/mol. The van der Waals surface area contributed by atoms with Crippen LogP contribution in [-0.2, 0) is 5.41 Å². The highest BCUT2D eigenvalue weighted by Crippen LogP contribution is 2.64. The second-order valence-corrected chi connectivity index (χ2v) is 12.9. The highest BCUT2D eigenvalue weighted by Gasteiger charge is 2.52. The molecule has 1 spiro atoms. The van der Waals surface area contributed by atoms with Crippen LogP contribution < -0.4 is 0 Å². The fourth-order valence-corrected chi connectivity index (χ4v) is 8.82. The van der Waals surface area contributed by atoms with Gasteiger partial charge in [0.1, 0.15) is 0 Å². The van der Waals surface area contributed by atoms with Gasteiger partial charge < -0.3 is 0 Å².